The number of hydrogen-bond donors (Lipinski definition) is 1. The third-order valence-corrected chi connectivity index (χ3v) is 6.09. The molecule has 5 heteroatoms. The predicted octanol–water partition coefficient (Wildman–Crippen LogP) is 0.905. The smallest absolute Gasteiger partial charge is 0.128 e. The van der Waals surface area contributed by atoms with Gasteiger partial charge in [-0.2, -0.15) is 0 Å². The van der Waals surface area contributed by atoms with Crippen LogP contribution in [0.5, 0.6) is 0 Å². The minimum Gasteiger partial charge on any atom is -0.391 e. The maximum atomic E-state index is 10.7. The van der Waals surface area contributed by atoms with E-state index in [0.29, 0.717) is 17.9 Å². The van der Waals surface area contributed by atoms with Crippen LogP contribution < -0.4 is 4.90 Å². The van der Waals surface area contributed by atoms with Crippen molar-refractivity contribution < 1.29 is 5.11 Å². The second kappa shape index (κ2) is 6.38. The van der Waals surface area contributed by atoms with Crippen LogP contribution in [0.25, 0.3) is 0 Å². The molecule has 0 amide bonds. The molecule has 5 nitrogen and oxygen atoms in total. The summed E-state index contributed by atoms with van der Waals surface area (Å²) in [4.78, 5) is 11.8. The van der Waals surface area contributed by atoms with Gasteiger partial charge in [0.05, 0.1) is 6.10 Å². The topological polar surface area (TPSA) is 42.8 Å². The molecule has 1 aromatic heterocycles. The Morgan fingerprint density at radius 2 is 1.78 bits per heavy atom. The first kappa shape index (κ1) is 15.4. The van der Waals surface area contributed by atoms with Gasteiger partial charge in [0.25, 0.3) is 0 Å². The van der Waals surface area contributed by atoms with Crippen LogP contribution in [0.1, 0.15) is 12.8 Å². The average molecular weight is 316 g/mol. The molecule has 126 valence electrons. The molecule has 0 aromatic carbocycles. The number of hydrogen-bond acceptors (Lipinski definition) is 5. The van der Waals surface area contributed by atoms with Crippen LogP contribution in [0.4, 0.5) is 5.82 Å². The van der Waals surface area contributed by atoms with Crippen molar-refractivity contribution in [1.29, 1.82) is 0 Å². The van der Waals surface area contributed by atoms with E-state index in [2.05, 4.69) is 38.9 Å². The standard InChI is InChI=1S/C18H28N4O/c1-20-6-8-21(9-7-20)16-10-14-12-22(13-15(14)11-17(16)23)18-4-2-3-5-19-18/h2-5,14-17,23H,6-13H2,1H3/t14-,15+,16-,17-/m1/s1. The van der Waals surface area contributed by atoms with Crippen molar-refractivity contribution >= 4 is 5.82 Å². The SMILES string of the molecule is CN1CCN([C@@H]2C[C@@H]3CN(c4ccccn4)C[C@@H]3C[C@H]2O)CC1. The molecule has 0 unspecified atom stereocenters. The number of anilines is 1. The first-order valence-corrected chi connectivity index (χ1v) is 8.97. The number of aliphatic hydroxyl groups excluding tert-OH is 1. The normalized spacial score (nSPS) is 36.2. The number of rotatable bonds is 2. The van der Waals surface area contributed by atoms with Crippen molar-refractivity contribution in [3.8, 4) is 0 Å². The minimum absolute atomic E-state index is 0.164. The molecule has 4 rings (SSSR count). The first-order valence-electron chi connectivity index (χ1n) is 8.97. The van der Waals surface area contributed by atoms with Gasteiger partial charge in [0, 0.05) is 51.5 Å². The van der Waals surface area contributed by atoms with Gasteiger partial charge in [-0.1, -0.05) is 6.07 Å². The Morgan fingerprint density at radius 1 is 1.04 bits per heavy atom. The third-order valence-electron chi connectivity index (χ3n) is 6.09. The maximum absolute atomic E-state index is 10.7. The summed E-state index contributed by atoms with van der Waals surface area (Å²) in [5, 5.41) is 10.7. The number of nitrogens with zero attached hydrogens (tertiary/aromatic N) is 4. The monoisotopic (exact) mass is 316 g/mol. The van der Waals surface area contributed by atoms with Gasteiger partial charge in [-0.3, -0.25) is 4.90 Å². The van der Waals surface area contributed by atoms with Crippen molar-refractivity contribution in [2.24, 2.45) is 11.8 Å². The summed E-state index contributed by atoms with van der Waals surface area (Å²) in [5.74, 6) is 2.41. The molecule has 3 aliphatic rings. The molecule has 1 saturated carbocycles. The molecule has 1 aromatic rings. The second-order valence-electron chi connectivity index (χ2n) is 7.56. The fourth-order valence-corrected chi connectivity index (χ4v) is 4.68. The maximum Gasteiger partial charge on any atom is 0.128 e. The Kier molecular flexibility index (Phi) is 4.26. The molecule has 2 aliphatic heterocycles. The Bertz CT molecular complexity index is 517. The number of pyridine rings is 1. The lowest BCUT2D eigenvalue weighted by Crippen LogP contribution is -2.55. The Hall–Kier alpha value is -1.17. The van der Waals surface area contributed by atoms with E-state index in [0.717, 1.165) is 57.9 Å². The average Bonchev–Trinajstić information content (AvgIpc) is 2.98. The largest absolute Gasteiger partial charge is 0.391 e. The summed E-state index contributed by atoms with van der Waals surface area (Å²) < 4.78 is 0. The van der Waals surface area contributed by atoms with E-state index < -0.39 is 0 Å². The zero-order chi connectivity index (χ0) is 15.8. The van der Waals surface area contributed by atoms with E-state index in [1.807, 2.05) is 12.3 Å². The van der Waals surface area contributed by atoms with E-state index >= 15 is 0 Å². The van der Waals surface area contributed by atoms with E-state index in [9.17, 15) is 5.11 Å². The molecule has 1 aliphatic carbocycles. The zero-order valence-corrected chi connectivity index (χ0v) is 14.0. The molecule has 0 spiro atoms. The quantitative estimate of drug-likeness (QED) is 0.878. The van der Waals surface area contributed by atoms with Gasteiger partial charge in [-0.15, -0.1) is 0 Å². The fraction of sp³-hybridized carbons (Fsp3) is 0.722. The van der Waals surface area contributed by atoms with Gasteiger partial charge in [-0.25, -0.2) is 4.98 Å². The molecule has 3 heterocycles. The highest BCUT2D eigenvalue weighted by atomic mass is 16.3. The van der Waals surface area contributed by atoms with Gasteiger partial charge >= 0.3 is 0 Å². The lowest BCUT2D eigenvalue weighted by atomic mass is 9.77. The first-order chi connectivity index (χ1) is 11.2. The molecular weight excluding hydrogens is 288 g/mol. The van der Waals surface area contributed by atoms with Crippen molar-refractivity contribution in [3.63, 3.8) is 0 Å². The molecule has 23 heavy (non-hydrogen) atoms. The summed E-state index contributed by atoms with van der Waals surface area (Å²) in [5.41, 5.74) is 0. The molecule has 1 N–H and O–H groups in total. The Balaban J connectivity index is 1.42. The zero-order valence-electron chi connectivity index (χ0n) is 14.0. The van der Waals surface area contributed by atoms with Crippen LogP contribution in [0.3, 0.4) is 0 Å². The highest BCUT2D eigenvalue weighted by Gasteiger charge is 2.44. The van der Waals surface area contributed by atoms with Gasteiger partial charge in [0.1, 0.15) is 5.82 Å². The third kappa shape index (κ3) is 3.10. The molecule has 3 fully saturated rings. The summed E-state index contributed by atoms with van der Waals surface area (Å²) in [6.45, 7) is 6.58. The fourth-order valence-electron chi connectivity index (χ4n) is 4.68. The van der Waals surface area contributed by atoms with Crippen molar-refractivity contribution in [2.75, 3.05) is 51.2 Å². The van der Waals surface area contributed by atoms with E-state index in [1.165, 1.54) is 0 Å². The molecule has 4 atom stereocenters. The van der Waals surface area contributed by atoms with Crippen LogP contribution in [-0.4, -0.2) is 78.4 Å². The van der Waals surface area contributed by atoms with Crippen molar-refractivity contribution in [2.45, 2.75) is 25.0 Å². The summed E-state index contributed by atoms with van der Waals surface area (Å²) >= 11 is 0. The minimum atomic E-state index is -0.164. The van der Waals surface area contributed by atoms with Crippen LogP contribution in [-0.2, 0) is 0 Å². The highest BCUT2D eigenvalue weighted by Crippen LogP contribution is 2.39. The van der Waals surface area contributed by atoms with Gasteiger partial charge < -0.3 is 14.9 Å². The van der Waals surface area contributed by atoms with Gasteiger partial charge in [-0.05, 0) is 43.9 Å². The highest BCUT2D eigenvalue weighted by molar-refractivity contribution is 5.39. The lowest BCUT2D eigenvalue weighted by Gasteiger charge is -2.44. The van der Waals surface area contributed by atoms with Crippen LogP contribution >= 0.6 is 0 Å². The summed E-state index contributed by atoms with van der Waals surface area (Å²) in [7, 11) is 2.19. The Morgan fingerprint density at radius 3 is 2.48 bits per heavy atom. The number of fused-ring (bicyclic) bond motifs is 1. The van der Waals surface area contributed by atoms with Gasteiger partial charge in [0.2, 0.25) is 0 Å². The number of aliphatic hydroxyl groups is 1. The van der Waals surface area contributed by atoms with Crippen molar-refractivity contribution in [3.05, 3.63) is 24.4 Å². The Labute approximate surface area is 138 Å². The molecule has 2 saturated heterocycles. The van der Waals surface area contributed by atoms with E-state index in [4.69, 9.17) is 0 Å². The number of aromatic nitrogens is 1. The van der Waals surface area contributed by atoms with Crippen LogP contribution in [0.15, 0.2) is 24.4 Å². The molecule has 0 bridgehead atoms. The van der Waals surface area contributed by atoms with Crippen LogP contribution in [0.2, 0.25) is 0 Å². The molecular formula is C18H28N4O. The lowest BCUT2D eigenvalue weighted by molar-refractivity contribution is -0.0249. The number of piperazine rings is 1. The number of likely N-dealkylation sites (N-methyl/N-ethyl adjacent to an activating group) is 1. The predicted molar refractivity (Wildman–Crippen MR) is 91.5 cm³/mol. The summed E-state index contributed by atoms with van der Waals surface area (Å²) in [6.07, 6.45) is 3.80. The second-order valence-corrected chi connectivity index (χ2v) is 7.56. The van der Waals surface area contributed by atoms with Crippen LogP contribution in [0, 0.1) is 11.8 Å². The van der Waals surface area contributed by atoms with E-state index in [-0.39, 0.29) is 6.10 Å². The summed E-state index contributed by atoms with van der Waals surface area (Å²) in [6, 6.07) is 6.49. The molecule has 0 radical (unpaired) electrons. The van der Waals surface area contributed by atoms with E-state index in [1.54, 1.807) is 0 Å². The van der Waals surface area contributed by atoms with Crippen molar-refractivity contribution in [1.82, 2.24) is 14.8 Å². The van der Waals surface area contributed by atoms with Gasteiger partial charge in [0.15, 0.2) is 0 Å².